The van der Waals surface area contributed by atoms with Crippen LogP contribution >= 0.6 is 0 Å². The Kier molecular flexibility index (Phi) is 56.3. The zero-order valence-electron chi connectivity index (χ0n) is 2.30. The minimum atomic E-state index is -1.83. The van der Waals surface area contributed by atoms with Crippen LogP contribution < -0.4 is 0 Å². The van der Waals surface area contributed by atoms with Crippen LogP contribution in [0, 0.1) is 0 Å². The molecule has 0 aliphatic carbocycles. The minimum absolute atomic E-state index is 0. The summed E-state index contributed by atoms with van der Waals surface area (Å²) in [7, 11) is 0. The molecule has 0 spiro atoms. The van der Waals surface area contributed by atoms with E-state index in [0.717, 1.165) is 0 Å². The SMILES string of the molecule is O.O=C(O)O.[LiH].[NaH]. The topological polar surface area (TPSA) is 89.0 Å². The average molecular weight is 112 g/mol. The summed E-state index contributed by atoms with van der Waals surface area (Å²) >= 11 is 0. The van der Waals surface area contributed by atoms with Crippen LogP contribution in [0.4, 0.5) is 4.79 Å². The van der Waals surface area contributed by atoms with Gasteiger partial charge in [-0.1, -0.05) is 0 Å². The average Bonchev–Trinajstić information content (AvgIpc) is 0.811. The molecule has 0 saturated carbocycles. The monoisotopic (exact) mass is 112 g/mol. The van der Waals surface area contributed by atoms with Gasteiger partial charge in [-0.15, -0.1) is 0 Å². The Hall–Kier alpha value is 0.827. The normalized spacial score (nSPS) is 3.43. The second-order valence-electron chi connectivity index (χ2n) is 0.283. The Morgan fingerprint density at radius 1 is 1.29 bits per heavy atom. The summed E-state index contributed by atoms with van der Waals surface area (Å²) in [6.45, 7) is 0. The third-order valence-electron chi connectivity index (χ3n) is 0. The molecule has 0 radical (unpaired) electrons. The molecule has 0 aliphatic heterocycles. The molecule has 0 aromatic carbocycles. The summed E-state index contributed by atoms with van der Waals surface area (Å²) < 4.78 is 0. The van der Waals surface area contributed by atoms with Crippen LogP contribution in [-0.2, 0) is 0 Å². The predicted octanol–water partition coefficient (Wildman–Crippen LogP) is -1.90. The van der Waals surface area contributed by atoms with E-state index >= 15 is 0 Å². The third-order valence-corrected chi connectivity index (χ3v) is 0. The van der Waals surface area contributed by atoms with Gasteiger partial charge < -0.3 is 15.7 Å². The van der Waals surface area contributed by atoms with Gasteiger partial charge in [0, 0.05) is 0 Å². The molecule has 7 heavy (non-hydrogen) atoms. The van der Waals surface area contributed by atoms with E-state index in [0.29, 0.717) is 0 Å². The fraction of sp³-hybridized carbons (Fsp3) is 0. The van der Waals surface area contributed by atoms with Crippen molar-refractivity contribution in [1.29, 1.82) is 0 Å². The van der Waals surface area contributed by atoms with Crippen molar-refractivity contribution in [1.82, 2.24) is 0 Å². The molecule has 0 atom stereocenters. The summed E-state index contributed by atoms with van der Waals surface area (Å²) in [4.78, 5) is 8.56. The van der Waals surface area contributed by atoms with Crippen molar-refractivity contribution in [2.24, 2.45) is 0 Å². The maximum atomic E-state index is 8.56. The molecular weight excluding hydrogens is 106 g/mol. The van der Waals surface area contributed by atoms with E-state index in [4.69, 9.17) is 15.0 Å². The number of hydrogen-bond donors (Lipinski definition) is 2. The fourth-order valence-corrected chi connectivity index (χ4v) is 0. The molecule has 0 aliphatic rings. The van der Waals surface area contributed by atoms with E-state index in [1.165, 1.54) is 0 Å². The van der Waals surface area contributed by atoms with E-state index in [2.05, 4.69) is 0 Å². The second-order valence-corrected chi connectivity index (χ2v) is 0.283. The van der Waals surface area contributed by atoms with Crippen LogP contribution in [0.2, 0.25) is 0 Å². The first-order valence-electron chi connectivity index (χ1n) is 0.651. The van der Waals surface area contributed by atoms with Gasteiger partial charge in [0.05, 0.1) is 0 Å². The van der Waals surface area contributed by atoms with Crippen molar-refractivity contribution in [2.75, 3.05) is 0 Å². The number of carbonyl (C=O) groups is 1. The molecule has 0 rings (SSSR count). The van der Waals surface area contributed by atoms with Crippen LogP contribution in [0.15, 0.2) is 0 Å². The van der Waals surface area contributed by atoms with Crippen LogP contribution in [-0.4, -0.2) is 70.3 Å². The molecule has 0 aromatic heterocycles. The molecule has 4 nitrogen and oxygen atoms in total. The van der Waals surface area contributed by atoms with Gasteiger partial charge in [0.2, 0.25) is 0 Å². The molecule has 0 bridgehead atoms. The Balaban J connectivity index is -0.0000000150. The molecule has 4 N–H and O–H groups in total. The Labute approximate surface area is 74.7 Å². The van der Waals surface area contributed by atoms with Gasteiger partial charge in [0.15, 0.2) is 0 Å². The molecule has 0 amide bonds. The summed E-state index contributed by atoms with van der Waals surface area (Å²) in [5.41, 5.74) is 0. The second kappa shape index (κ2) is 15.8. The van der Waals surface area contributed by atoms with Gasteiger partial charge in [-0.2, -0.15) is 0 Å². The Morgan fingerprint density at radius 3 is 1.29 bits per heavy atom. The van der Waals surface area contributed by atoms with Crippen molar-refractivity contribution in [3.8, 4) is 0 Å². The van der Waals surface area contributed by atoms with Crippen LogP contribution in [0.5, 0.6) is 0 Å². The van der Waals surface area contributed by atoms with Crippen LogP contribution in [0.3, 0.4) is 0 Å². The van der Waals surface area contributed by atoms with E-state index < -0.39 is 6.16 Å². The first-order valence-corrected chi connectivity index (χ1v) is 0.651. The quantitative estimate of drug-likeness (QED) is 0.358. The van der Waals surface area contributed by atoms with Gasteiger partial charge in [-0.05, 0) is 0 Å². The molecule has 36 valence electrons. The molecule has 0 unspecified atom stereocenters. The first kappa shape index (κ1) is 24.9. The molecule has 0 fully saturated rings. The summed E-state index contributed by atoms with van der Waals surface area (Å²) in [5, 5.41) is 13.9. The third kappa shape index (κ3) is 232. The maximum absolute atomic E-state index is 8.56. The fourth-order valence-electron chi connectivity index (χ4n) is 0. The molecule has 0 saturated heterocycles. The standard InChI is InChI=1S/CH2O3.Li.Na.H2O.2H/c2-1(3)4;;;;;/h(H2,2,3,4);;;1H2;;. The first-order chi connectivity index (χ1) is 1.73. The molecular formula is CH6LiNaO4. The molecule has 6 heteroatoms. The van der Waals surface area contributed by atoms with Gasteiger partial charge in [0.25, 0.3) is 0 Å². The Bertz CT molecular complexity index is 34.7. The van der Waals surface area contributed by atoms with E-state index in [-0.39, 0.29) is 53.9 Å². The van der Waals surface area contributed by atoms with Crippen molar-refractivity contribution in [3.05, 3.63) is 0 Å². The van der Waals surface area contributed by atoms with Gasteiger partial charge in [-0.3, -0.25) is 0 Å². The van der Waals surface area contributed by atoms with Crippen LogP contribution in [0.1, 0.15) is 0 Å². The Morgan fingerprint density at radius 2 is 1.29 bits per heavy atom. The van der Waals surface area contributed by atoms with Gasteiger partial charge >= 0.3 is 54.6 Å². The number of carboxylic acid groups (broad SMARTS) is 2. The van der Waals surface area contributed by atoms with Gasteiger partial charge in [0.1, 0.15) is 0 Å². The molecule has 0 aromatic rings. The summed E-state index contributed by atoms with van der Waals surface area (Å²) in [6.07, 6.45) is -1.83. The summed E-state index contributed by atoms with van der Waals surface area (Å²) in [5.74, 6) is 0. The van der Waals surface area contributed by atoms with Crippen molar-refractivity contribution >= 4 is 54.6 Å². The number of rotatable bonds is 0. The van der Waals surface area contributed by atoms with Crippen molar-refractivity contribution in [2.45, 2.75) is 0 Å². The van der Waals surface area contributed by atoms with E-state index in [9.17, 15) is 0 Å². The van der Waals surface area contributed by atoms with Crippen LogP contribution in [0.25, 0.3) is 0 Å². The van der Waals surface area contributed by atoms with Crippen molar-refractivity contribution < 1.29 is 20.5 Å². The number of hydrogen-bond acceptors (Lipinski definition) is 1. The zero-order valence-corrected chi connectivity index (χ0v) is 2.30. The molecule has 0 heterocycles. The van der Waals surface area contributed by atoms with E-state index in [1.807, 2.05) is 0 Å². The summed E-state index contributed by atoms with van der Waals surface area (Å²) in [6, 6.07) is 0. The van der Waals surface area contributed by atoms with Gasteiger partial charge in [-0.25, -0.2) is 4.79 Å². The zero-order chi connectivity index (χ0) is 3.58. The van der Waals surface area contributed by atoms with Crippen molar-refractivity contribution in [3.63, 3.8) is 0 Å². The van der Waals surface area contributed by atoms with E-state index in [1.54, 1.807) is 0 Å². The predicted molar refractivity (Wildman–Crippen MR) is 28.6 cm³/mol.